The van der Waals surface area contributed by atoms with Crippen molar-refractivity contribution in [1.82, 2.24) is 0 Å². The van der Waals surface area contributed by atoms with Crippen molar-refractivity contribution >= 4 is 11.9 Å². The Morgan fingerprint density at radius 3 is 2.28 bits per heavy atom. The van der Waals surface area contributed by atoms with Crippen LogP contribution in [-0.4, -0.2) is 32.9 Å². The molecule has 3 N–H and O–H groups in total. The lowest BCUT2D eigenvalue weighted by Crippen LogP contribution is -2.48. The lowest BCUT2D eigenvalue weighted by atomic mass is 9.48. The molecule has 0 amide bonds. The molecule has 3 aliphatic rings. The van der Waals surface area contributed by atoms with Crippen molar-refractivity contribution in [2.24, 2.45) is 34.0 Å². The van der Waals surface area contributed by atoms with Gasteiger partial charge in [-0.05, 0) is 111 Å². The van der Waals surface area contributed by atoms with E-state index >= 15 is 0 Å². The third kappa shape index (κ3) is 4.64. The van der Waals surface area contributed by atoms with Gasteiger partial charge >= 0.3 is 11.9 Å². The molecule has 0 aromatic rings. The number of fused-ring (bicyclic) bond motifs is 3. The van der Waals surface area contributed by atoms with Gasteiger partial charge in [0.25, 0.3) is 0 Å². The largest absolute Gasteiger partial charge is 0.481 e. The lowest BCUT2D eigenvalue weighted by Gasteiger charge is -2.56. The summed E-state index contributed by atoms with van der Waals surface area (Å²) >= 11 is 0. The van der Waals surface area contributed by atoms with Crippen LogP contribution >= 0.6 is 0 Å². The highest BCUT2D eigenvalue weighted by Crippen LogP contribution is 2.70. The van der Waals surface area contributed by atoms with Gasteiger partial charge < -0.3 is 15.3 Å². The van der Waals surface area contributed by atoms with Crippen LogP contribution in [-0.2, 0) is 9.59 Å². The number of carboxylic acids is 2. The Balaban J connectivity index is 1.99. The fourth-order valence-corrected chi connectivity index (χ4v) is 7.76. The summed E-state index contributed by atoms with van der Waals surface area (Å²) in [6, 6.07) is 0. The van der Waals surface area contributed by atoms with Crippen LogP contribution in [0, 0.1) is 34.0 Å². The molecule has 1 saturated carbocycles. The summed E-state index contributed by atoms with van der Waals surface area (Å²) < 4.78 is 0. The molecule has 0 saturated heterocycles. The van der Waals surface area contributed by atoms with Gasteiger partial charge in [0.2, 0.25) is 0 Å². The minimum Gasteiger partial charge on any atom is -0.481 e. The second kappa shape index (κ2) is 9.63. The molecule has 0 aromatic heterocycles. The van der Waals surface area contributed by atoms with Gasteiger partial charge in [0.15, 0.2) is 0 Å². The third-order valence-electron chi connectivity index (χ3n) is 10.5. The Kier molecular flexibility index (Phi) is 7.60. The van der Waals surface area contributed by atoms with E-state index in [1.807, 2.05) is 6.92 Å². The summed E-state index contributed by atoms with van der Waals surface area (Å²) in [5.74, 6) is -1.85. The highest BCUT2D eigenvalue weighted by Gasteiger charge is 2.62. The smallest absolute Gasteiger partial charge is 0.306 e. The summed E-state index contributed by atoms with van der Waals surface area (Å²) in [6.45, 7) is 20.5. The van der Waals surface area contributed by atoms with E-state index in [-0.39, 0.29) is 34.5 Å². The van der Waals surface area contributed by atoms with Crippen molar-refractivity contribution in [3.8, 4) is 0 Å². The van der Waals surface area contributed by atoms with Gasteiger partial charge in [-0.15, -0.1) is 0 Å². The first-order chi connectivity index (χ1) is 16.5. The molecule has 5 nitrogen and oxygen atoms in total. The second-order valence-corrected chi connectivity index (χ2v) is 12.9. The number of carbonyl (C=O) groups is 2. The fraction of sp³-hybridized carbons (Fsp3) is 0.677. The van der Waals surface area contributed by atoms with Gasteiger partial charge in [0.05, 0.1) is 11.5 Å². The SMILES string of the molecule is C=C(C)C1CC=C2C(=CCC3(C)C(C(CCC(=C)C(C)(C)O)C(=O)O)CCC23C)C1(C)CCC(=O)O. The van der Waals surface area contributed by atoms with E-state index in [1.54, 1.807) is 13.8 Å². The van der Waals surface area contributed by atoms with Gasteiger partial charge in [-0.3, -0.25) is 9.59 Å². The molecule has 36 heavy (non-hydrogen) atoms. The molecule has 0 spiro atoms. The predicted octanol–water partition coefficient (Wildman–Crippen LogP) is 6.94. The third-order valence-corrected chi connectivity index (χ3v) is 10.5. The van der Waals surface area contributed by atoms with E-state index in [9.17, 15) is 24.9 Å². The van der Waals surface area contributed by atoms with E-state index in [0.29, 0.717) is 24.8 Å². The molecular weight excluding hydrogens is 452 g/mol. The number of aliphatic hydroxyl groups is 1. The number of allylic oxidation sites excluding steroid dienone is 5. The Labute approximate surface area is 217 Å². The first-order valence-corrected chi connectivity index (χ1v) is 13.4. The molecule has 6 unspecified atom stereocenters. The summed E-state index contributed by atoms with van der Waals surface area (Å²) in [4.78, 5) is 24.1. The number of hydrogen-bond acceptors (Lipinski definition) is 3. The molecular formula is C31H46O5. The molecule has 3 rings (SSSR count). The van der Waals surface area contributed by atoms with Crippen molar-refractivity contribution in [2.45, 2.75) is 98.5 Å². The van der Waals surface area contributed by atoms with Gasteiger partial charge in [-0.2, -0.15) is 0 Å². The van der Waals surface area contributed by atoms with Crippen LogP contribution in [0.25, 0.3) is 0 Å². The highest BCUT2D eigenvalue weighted by atomic mass is 16.4. The van der Waals surface area contributed by atoms with E-state index < -0.39 is 23.5 Å². The average Bonchev–Trinajstić information content (AvgIpc) is 3.03. The normalized spacial score (nSPS) is 34.6. The number of aliphatic carboxylic acids is 2. The molecule has 0 radical (unpaired) electrons. The molecule has 5 heteroatoms. The molecule has 0 aliphatic heterocycles. The standard InChI is InChI=1S/C31H46O5/c1-19(2)22-11-12-25-24(29(22,6)16-15-26(32)33)14-18-30(7)23(13-17-31(25,30)8)21(27(34)35)10-9-20(3)28(4,5)36/h12,14,21-23,36H,1,3,9-11,13,15-18H2,2,4-8H3,(H,32,33)(H,34,35). The van der Waals surface area contributed by atoms with Crippen molar-refractivity contribution in [1.29, 1.82) is 0 Å². The van der Waals surface area contributed by atoms with Crippen molar-refractivity contribution in [3.05, 3.63) is 47.6 Å². The first kappa shape index (κ1) is 28.4. The van der Waals surface area contributed by atoms with Crippen LogP contribution in [0.4, 0.5) is 0 Å². The minimum atomic E-state index is -1.02. The predicted molar refractivity (Wildman–Crippen MR) is 143 cm³/mol. The zero-order valence-electron chi connectivity index (χ0n) is 23.1. The summed E-state index contributed by atoms with van der Waals surface area (Å²) in [7, 11) is 0. The lowest BCUT2D eigenvalue weighted by molar-refractivity contribution is -0.146. The van der Waals surface area contributed by atoms with Crippen molar-refractivity contribution < 1.29 is 24.9 Å². The van der Waals surface area contributed by atoms with Gasteiger partial charge in [-0.25, -0.2) is 0 Å². The maximum atomic E-state index is 12.5. The monoisotopic (exact) mass is 498 g/mol. The summed E-state index contributed by atoms with van der Waals surface area (Å²) in [5.41, 5.74) is 2.60. The molecule has 200 valence electrons. The zero-order chi connectivity index (χ0) is 27.3. The Bertz CT molecular complexity index is 1010. The van der Waals surface area contributed by atoms with E-state index in [1.165, 1.54) is 11.1 Å². The van der Waals surface area contributed by atoms with Gasteiger partial charge in [0, 0.05) is 6.42 Å². The molecule has 0 heterocycles. The van der Waals surface area contributed by atoms with Crippen molar-refractivity contribution in [3.63, 3.8) is 0 Å². The van der Waals surface area contributed by atoms with E-state index in [2.05, 4.69) is 46.1 Å². The van der Waals surface area contributed by atoms with Crippen LogP contribution in [0.5, 0.6) is 0 Å². The van der Waals surface area contributed by atoms with Crippen LogP contribution in [0.3, 0.4) is 0 Å². The Hall–Kier alpha value is -2.14. The molecule has 0 aromatic carbocycles. The van der Waals surface area contributed by atoms with Crippen LogP contribution < -0.4 is 0 Å². The fourth-order valence-electron chi connectivity index (χ4n) is 7.76. The second-order valence-electron chi connectivity index (χ2n) is 12.9. The van der Waals surface area contributed by atoms with E-state index in [4.69, 9.17) is 0 Å². The number of hydrogen-bond donors (Lipinski definition) is 3. The Morgan fingerprint density at radius 1 is 1.11 bits per heavy atom. The topological polar surface area (TPSA) is 94.8 Å². The first-order valence-electron chi connectivity index (χ1n) is 13.4. The van der Waals surface area contributed by atoms with Gasteiger partial charge in [-0.1, -0.05) is 51.7 Å². The molecule has 6 atom stereocenters. The molecule has 3 aliphatic carbocycles. The highest BCUT2D eigenvalue weighted by molar-refractivity contribution is 5.71. The molecule has 1 fully saturated rings. The quantitative estimate of drug-likeness (QED) is 0.284. The van der Waals surface area contributed by atoms with Crippen LogP contribution in [0.15, 0.2) is 47.6 Å². The summed E-state index contributed by atoms with van der Waals surface area (Å²) in [6.07, 6.45) is 9.66. The van der Waals surface area contributed by atoms with Crippen LogP contribution in [0.1, 0.15) is 92.9 Å². The van der Waals surface area contributed by atoms with E-state index in [0.717, 1.165) is 31.3 Å². The maximum Gasteiger partial charge on any atom is 0.306 e. The summed E-state index contributed by atoms with van der Waals surface area (Å²) in [5, 5.41) is 30.1. The minimum absolute atomic E-state index is 0.0115. The zero-order valence-corrected chi connectivity index (χ0v) is 23.1. The number of rotatable bonds is 10. The molecule has 0 bridgehead atoms. The van der Waals surface area contributed by atoms with Gasteiger partial charge in [0.1, 0.15) is 0 Å². The number of carboxylic acid groups (broad SMARTS) is 2. The Morgan fingerprint density at radius 2 is 1.75 bits per heavy atom. The average molecular weight is 499 g/mol. The van der Waals surface area contributed by atoms with Crippen LogP contribution in [0.2, 0.25) is 0 Å². The van der Waals surface area contributed by atoms with Crippen molar-refractivity contribution in [2.75, 3.05) is 0 Å². The maximum absolute atomic E-state index is 12.5.